The molecule has 1 aromatic carbocycles. The van der Waals surface area contributed by atoms with E-state index in [0.29, 0.717) is 6.42 Å². The molecule has 0 heterocycles. The first kappa shape index (κ1) is 19.9. The van der Waals surface area contributed by atoms with Crippen molar-refractivity contribution in [1.82, 2.24) is 0 Å². The van der Waals surface area contributed by atoms with Gasteiger partial charge in [0.1, 0.15) is 0 Å². The van der Waals surface area contributed by atoms with Gasteiger partial charge in [0.2, 0.25) is 0 Å². The van der Waals surface area contributed by atoms with Crippen LogP contribution in [-0.2, 0) is 35.0 Å². The van der Waals surface area contributed by atoms with Gasteiger partial charge in [-0.3, -0.25) is 14.4 Å². The van der Waals surface area contributed by atoms with E-state index in [0.717, 1.165) is 24.0 Å². The van der Waals surface area contributed by atoms with Gasteiger partial charge in [0.25, 0.3) is 5.41 Å². The average molecular weight is 362 g/mol. The molecule has 1 aliphatic rings. The van der Waals surface area contributed by atoms with Crippen molar-refractivity contribution in [2.75, 3.05) is 19.8 Å². The van der Waals surface area contributed by atoms with Crippen LogP contribution in [-0.4, -0.2) is 37.7 Å². The molecule has 0 fully saturated rings. The van der Waals surface area contributed by atoms with Gasteiger partial charge in [-0.25, -0.2) is 0 Å². The van der Waals surface area contributed by atoms with E-state index in [2.05, 4.69) is 0 Å². The largest absolute Gasteiger partial charge is 0.465 e. The minimum atomic E-state index is -2.14. The van der Waals surface area contributed by atoms with Crippen LogP contribution in [0.4, 0.5) is 0 Å². The molecule has 142 valence electrons. The number of esters is 3. The first-order valence-corrected chi connectivity index (χ1v) is 9.13. The van der Waals surface area contributed by atoms with E-state index in [9.17, 15) is 14.4 Å². The molecule has 2 rings (SSSR count). The molecule has 0 spiro atoms. The Morgan fingerprint density at radius 2 is 1.42 bits per heavy atom. The average Bonchev–Trinajstić information content (AvgIpc) is 2.63. The fraction of sp³-hybridized carbons (Fsp3) is 0.550. The summed E-state index contributed by atoms with van der Waals surface area (Å²) in [6.45, 7) is 5.05. The van der Waals surface area contributed by atoms with Crippen LogP contribution in [0.1, 0.15) is 50.7 Å². The van der Waals surface area contributed by atoms with Gasteiger partial charge in [0.05, 0.1) is 19.8 Å². The lowest BCUT2D eigenvalue weighted by Crippen LogP contribution is -2.54. The molecule has 26 heavy (non-hydrogen) atoms. The minimum Gasteiger partial charge on any atom is -0.465 e. The number of aryl methyl sites for hydroxylation is 1. The van der Waals surface area contributed by atoms with Crippen molar-refractivity contribution in [2.24, 2.45) is 5.41 Å². The van der Waals surface area contributed by atoms with Gasteiger partial charge in [-0.1, -0.05) is 24.3 Å². The van der Waals surface area contributed by atoms with E-state index in [1.165, 1.54) is 0 Å². The van der Waals surface area contributed by atoms with Crippen molar-refractivity contribution in [3.8, 4) is 0 Å². The lowest BCUT2D eigenvalue weighted by molar-refractivity contribution is -0.186. The molecule has 0 radical (unpaired) electrons. The summed E-state index contributed by atoms with van der Waals surface area (Å²) in [7, 11) is 0. The monoisotopic (exact) mass is 362 g/mol. The number of fused-ring (bicyclic) bond motifs is 1. The Balaban J connectivity index is 2.67. The van der Waals surface area contributed by atoms with Crippen LogP contribution >= 0.6 is 0 Å². The summed E-state index contributed by atoms with van der Waals surface area (Å²) in [6.07, 6.45) is 2.08. The maximum Gasteiger partial charge on any atom is 0.335 e. The third-order valence-electron chi connectivity index (χ3n) is 4.68. The summed E-state index contributed by atoms with van der Waals surface area (Å²) in [5.41, 5.74) is -0.322. The summed E-state index contributed by atoms with van der Waals surface area (Å²) >= 11 is 0. The van der Waals surface area contributed by atoms with Gasteiger partial charge >= 0.3 is 17.9 Å². The third-order valence-corrected chi connectivity index (χ3v) is 4.68. The Bertz CT molecular complexity index is 620. The molecule has 0 saturated carbocycles. The molecule has 1 unspecified atom stereocenters. The highest BCUT2D eigenvalue weighted by atomic mass is 16.6. The summed E-state index contributed by atoms with van der Waals surface area (Å²) in [5, 5.41) is 0. The Kier molecular flexibility index (Phi) is 6.77. The minimum absolute atomic E-state index is 0.0494. The molecule has 0 amide bonds. The first-order valence-electron chi connectivity index (χ1n) is 9.13. The van der Waals surface area contributed by atoms with E-state index in [4.69, 9.17) is 14.2 Å². The van der Waals surface area contributed by atoms with Crippen molar-refractivity contribution >= 4 is 17.9 Å². The Labute approximate surface area is 153 Å². The van der Waals surface area contributed by atoms with Gasteiger partial charge in [-0.15, -0.1) is 0 Å². The zero-order valence-electron chi connectivity index (χ0n) is 15.6. The number of rotatable bonds is 7. The number of carbonyl (C=O) groups is 3. The highest BCUT2D eigenvalue weighted by molar-refractivity contribution is 6.19. The molecule has 0 bridgehead atoms. The molecule has 1 aliphatic carbocycles. The molecule has 0 aromatic heterocycles. The normalized spacial score (nSPS) is 16.3. The fourth-order valence-corrected chi connectivity index (χ4v) is 3.62. The summed E-state index contributed by atoms with van der Waals surface area (Å²) in [4.78, 5) is 38.9. The fourth-order valence-electron chi connectivity index (χ4n) is 3.62. The highest BCUT2D eigenvalue weighted by Crippen LogP contribution is 2.47. The zero-order valence-corrected chi connectivity index (χ0v) is 15.6. The van der Waals surface area contributed by atoms with E-state index in [1.807, 2.05) is 24.3 Å². The predicted molar refractivity (Wildman–Crippen MR) is 94.5 cm³/mol. The molecule has 0 aliphatic heterocycles. The van der Waals surface area contributed by atoms with Crippen molar-refractivity contribution in [2.45, 2.75) is 46.0 Å². The van der Waals surface area contributed by atoms with E-state index in [-0.39, 0.29) is 19.8 Å². The van der Waals surface area contributed by atoms with E-state index in [1.54, 1.807) is 20.8 Å². The SMILES string of the molecule is CCOC(=O)C(C(=O)OCC)(C(=O)OCC)C1CCCc2ccccc21. The summed E-state index contributed by atoms with van der Waals surface area (Å²) in [6, 6.07) is 7.55. The topological polar surface area (TPSA) is 78.9 Å². The standard InChI is InChI=1S/C20H26O6/c1-4-24-17(21)20(18(22)25-5-2,19(23)26-6-3)16-13-9-11-14-10-7-8-12-15(14)16/h7-8,10,12,16H,4-6,9,11,13H2,1-3H3. The Hall–Kier alpha value is -2.37. The number of hydrogen-bond acceptors (Lipinski definition) is 6. The van der Waals surface area contributed by atoms with Crippen LogP contribution < -0.4 is 0 Å². The lowest BCUT2D eigenvalue weighted by Gasteiger charge is -2.37. The second kappa shape index (κ2) is 8.83. The second-order valence-electron chi connectivity index (χ2n) is 6.11. The van der Waals surface area contributed by atoms with Crippen molar-refractivity contribution < 1.29 is 28.6 Å². The van der Waals surface area contributed by atoms with E-state index >= 15 is 0 Å². The number of ether oxygens (including phenoxy) is 3. The molecular weight excluding hydrogens is 336 g/mol. The molecule has 1 atom stereocenters. The predicted octanol–water partition coefficient (Wildman–Crippen LogP) is 2.78. The van der Waals surface area contributed by atoms with Crippen LogP contribution in [0.2, 0.25) is 0 Å². The first-order chi connectivity index (χ1) is 12.5. The van der Waals surface area contributed by atoms with Crippen LogP contribution in [0.25, 0.3) is 0 Å². The molecule has 6 nitrogen and oxygen atoms in total. The zero-order chi connectivity index (χ0) is 19.2. The van der Waals surface area contributed by atoms with Crippen LogP contribution in [0.3, 0.4) is 0 Å². The molecule has 0 saturated heterocycles. The summed E-state index contributed by atoms with van der Waals surface area (Å²) in [5.74, 6) is -3.39. The molecule has 6 heteroatoms. The van der Waals surface area contributed by atoms with Crippen molar-refractivity contribution in [1.29, 1.82) is 0 Å². The second-order valence-corrected chi connectivity index (χ2v) is 6.11. The maximum absolute atomic E-state index is 13.0. The van der Waals surface area contributed by atoms with Crippen LogP contribution in [0, 0.1) is 5.41 Å². The highest BCUT2D eigenvalue weighted by Gasteiger charge is 2.63. The van der Waals surface area contributed by atoms with Gasteiger partial charge in [0.15, 0.2) is 0 Å². The molecular formula is C20H26O6. The van der Waals surface area contributed by atoms with Gasteiger partial charge in [-0.2, -0.15) is 0 Å². The van der Waals surface area contributed by atoms with E-state index < -0.39 is 29.2 Å². The van der Waals surface area contributed by atoms with Gasteiger partial charge in [-0.05, 0) is 51.2 Å². The Morgan fingerprint density at radius 3 is 1.92 bits per heavy atom. The maximum atomic E-state index is 13.0. The lowest BCUT2D eigenvalue weighted by atomic mass is 9.66. The van der Waals surface area contributed by atoms with Crippen LogP contribution in [0.5, 0.6) is 0 Å². The number of hydrogen-bond donors (Lipinski definition) is 0. The van der Waals surface area contributed by atoms with Crippen molar-refractivity contribution in [3.63, 3.8) is 0 Å². The van der Waals surface area contributed by atoms with Gasteiger partial charge in [0, 0.05) is 5.92 Å². The Morgan fingerprint density at radius 1 is 0.923 bits per heavy atom. The molecule has 1 aromatic rings. The van der Waals surface area contributed by atoms with Gasteiger partial charge < -0.3 is 14.2 Å². The van der Waals surface area contributed by atoms with Crippen molar-refractivity contribution in [3.05, 3.63) is 35.4 Å². The summed E-state index contributed by atoms with van der Waals surface area (Å²) < 4.78 is 15.5. The smallest absolute Gasteiger partial charge is 0.335 e. The third kappa shape index (κ3) is 3.45. The molecule has 0 N–H and O–H groups in total. The quantitative estimate of drug-likeness (QED) is 0.422. The van der Waals surface area contributed by atoms with Crippen LogP contribution in [0.15, 0.2) is 24.3 Å². The number of benzene rings is 1. The number of carbonyl (C=O) groups excluding carboxylic acids is 3.